The highest BCUT2D eigenvalue weighted by Gasteiger charge is 2.45. The van der Waals surface area contributed by atoms with Crippen molar-refractivity contribution >= 4 is 0 Å². The minimum absolute atomic E-state index is 0.480. The van der Waals surface area contributed by atoms with E-state index in [1.54, 1.807) is 0 Å². The van der Waals surface area contributed by atoms with E-state index in [-0.39, 0.29) is 0 Å². The van der Waals surface area contributed by atoms with Gasteiger partial charge in [0.25, 0.3) is 0 Å². The van der Waals surface area contributed by atoms with Crippen molar-refractivity contribution in [3.8, 4) is 0 Å². The molecule has 1 saturated heterocycles. The summed E-state index contributed by atoms with van der Waals surface area (Å²) in [7, 11) is 0. The largest absolute Gasteiger partial charge is 0.394 e. The van der Waals surface area contributed by atoms with Gasteiger partial charge in [-0.2, -0.15) is 0 Å². The minimum atomic E-state index is -1.45. The molecule has 6 heteroatoms. The molecule has 52 heavy (non-hydrogen) atoms. The van der Waals surface area contributed by atoms with Crippen LogP contribution in [0.2, 0.25) is 0 Å². The zero-order chi connectivity index (χ0) is 39.1. The molecule has 0 radical (unpaired) electrons. The van der Waals surface area contributed by atoms with E-state index in [0.29, 0.717) is 6.42 Å². The number of allylic oxidation sites excluding steroid dienone is 24. The summed E-state index contributed by atoms with van der Waals surface area (Å²) in [6.45, 7) is 20.2. The molecule has 4 N–H and O–H groups in total. The second-order valence-electron chi connectivity index (χ2n) is 14.7. The van der Waals surface area contributed by atoms with E-state index in [1.165, 1.54) is 27.9 Å². The number of aliphatic hydroxyl groups excluding tert-OH is 4. The van der Waals surface area contributed by atoms with Gasteiger partial charge in [-0.15, -0.1) is 0 Å². The Bertz CT molecular complexity index is 1450. The molecule has 1 fully saturated rings. The fourth-order valence-electron chi connectivity index (χ4n) is 5.15. The first-order chi connectivity index (χ1) is 24.5. The second-order valence-corrected chi connectivity index (χ2v) is 14.7. The maximum Gasteiger partial charge on any atom is 0.187 e. The van der Waals surface area contributed by atoms with Crippen molar-refractivity contribution in [1.29, 1.82) is 0 Å². The highest BCUT2D eigenvalue weighted by molar-refractivity contribution is 5.32. The molecule has 1 rings (SSSR count). The van der Waals surface area contributed by atoms with E-state index in [2.05, 4.69) is 159 Å². The standard InChI is InChI=1S/C46H68O6/c1-34(2)19-13-22-37(5)25-16-28-38(6)26-14-23-35(3)20-11-12-21-36(4)24-15-27-39(7)29-17-30-40(8)31-18-32-46(9,10)52-45-44(50)43(49)42(48)41(33-47)51-45/h11-12,14-17,19-21,23-30,41-45,47-50H,13,18,22,31-33H2,1-10H3/b12-11+,23-14+,24-15+,28-16+,29-17+,35-20+,36-21+,37-25+,38-26+,39-27+,40-30+/t41-,42-,43+,44-,45+/m1/s1. The maximum atomic E-state index is 10.3. The predicted octanol–water partition coefficient (Wildman–Crippen LogP) is 9.96. The lowest BCUT2D eigenvalue weighted by Gasteiger charge is -2.42. The summed E-state index contributed by atoms with van der Waals surface area (Å²) in [6.07, 6.45) is 34.1. The second kappa shape index (κ2) is 25.6. The van der Waals surface area contributed by atoms with Gasteiger partial charge in [0.05, 0.1) is 12.2 Å². The van der Waals surface area contributed by atoms with Crippen molar-refractivity contribution in [3.05, 3.63) is 142 Å². The lowest BCUT2D eigenvalue weighted by Crippen LogP contribution is -2.60. The van der Waals surface area contributed by atoms with Gasteiger partial charge in [-0.3, -0.25) is 0 Å². The smallest absolute Gasteiger partial charge is 0.187 e. The van der Waals surface area contributed by atoms with Crippen LogP contribution >= 0.6 is 0 Å². The van der Waals surface area contributed by atoms with Gasteiger partial charge in [-0.1, -0.05) is 142 Å². The third-order valence-electron chi connectivity index (χ3n) is 8.47. The molecule has 0 unspecified atom stereocenters. The molecule has 0 spiro atoms. The van der Waals surface area contributed by atoms with Crippen LogP contribution in [-0.2, 0) is 9.47 Å². The first-order valence-electron chi connectivity index (χ1n) is 18.6. The number of ether oxygens (including phenoxy) is 2. The third-order valence-corrected chi connectivity index (χ3v) is 8.47. The van der Waals surface area contributed by atoms with Gasteiger partial charge in [0, 0.05) is 0 Å². The summed E-state index contributed by atoms with van der Waals surface area (Å²) in [5, 5.41) is 39.7. The van der Waals surface area contributed by atoms with Crippen molar-refractivity contribution in [3.63, 3.8) is 0 Å². The molecular weight excluding hydrogens is 649 g/mol. The van der Waals surface area contributed by atoms with Gasteiger partial charge >= 0.3 is 0 Å². The number of hydrogen-bond acceptors (Lipinski definition) is 6. The molecule has 0 aromatic carbocycles. The summed E-state index contributed by atoms with van der Waals surface area (Å²) in [5.41, 5.74) is 8.05. The van der Waals surface area contributed by atoms with Crippen molar-refractivity contribution in [2.45, 2.75) is 138 Å². The summed E-state index contributed by atoms with van der Waals surface area (Å²) in [6, 6.07) is 0. The van der Waals surface area contributed by atoms with Gasteiger partial charge in [0.1, 0.15) is 24.4 Å². The fraction of sp³-hybridized carbons (Fsp3) is 0.478. The van der Waals surface area contributed by atoms with E-state index >= 15 is 0 Å². The Morgan fingerprint density at radius 1 is 0.596 bits per heavy atom. The van der Waals surface area contributed by atoms with E-state index in [4.69, 9.17) is 9.47 Å². The molecule has 0 aromatic heterocycles. The quantitative estimate of drug-likeness (QED) is 0.0740. The van der Waals surface area contributed by atoms with Gasteiger partial charge in [-0.25, -0.2) is 0 Å². The van der Waals surface area contributed by atoms with Crippen LogP contribution in [0.1, 0.15) is 101 Å². The maximum absolute atomic E-state index is 10.3. The van der Waals surface area contributed by atoms with Gasteiger partial charge < -0.3 is 29.9 Å². The summed E-state index contributed by atoms with van der Waals surface area (Å²) in [4.78, 5) is 0. The first-order valence-corrected chi connectivity index (χ1v) is 18.6. The molecule has 0 saturated carbocycles. The summed E-state index contributed by atoms with van der Waals surface area (Å²) < 4.78 is 11.5. The lowest BCUT2D eigenvalue weighted by atomic mass is 9.96. The molecule has 0 bridgehead atoms. The number of rotatable bonds is 20. The Morgan fingerprint density at radius 2 is 1.04 bits per heavy atom. The van der Waals surface area contributed by atoms with Crippen molar-refractivity contribution < 1.29 is 29.9 Å². The molecular formula is C46H68O6. The first kappa shape index (κ1) is 46.7. The SMILES string of the molecule is CC(C)=CCC/C(C)=C/C=C/C(C)=C/C=C/C(C)=C/C=C/C=C(C)/C=C/C=C(C)/C=C/C=C(\C)CCCC(C)(C)O[C@@H]1O[C@H](CO)[C@@H](O)[C@H](O)[C@H]1O. The average Bonchev–Trinajstić information content (AvgIpc) is 3.06. The highest BCUT2D eigenvalue weighted by Crippen LogP contribution is 2.28. The summed E-state index contributed by atoms with van der Waals surface area (Å²) >= 11 is 0. The van der Waals surface area contributed by atoms with Crippen LogP contribution in [0.15, 0.2) is 142 Å². The van der Waals surface area contributed by atoms with E-state index in [0.717, 1.165) is 36.8 Å². The van der Waals surface area contributed by atoms with Gasteiger partial charge in [0.15, 0.2) is 6.29 Å². The Kier molecular flexibility index (Phi) is 23.0. The molecule has 0 aliphatic carbocycles. The Labute approximate surface area is 315 Å². The van der Waals surface area contributed by atoms with Crippen molar-refractivity contribution in [2.24, 2.45) is 0 Å². The number of hydrogen-bond donors (Lipinski definition) is 4. The monoisotopic (exact) mass is 717 g/mol. The van der Waals surface area contributed by atoms with Crippen LogP contribution in [-0.4, -0.2) is 63.3 Å². The van der Waals surface area contributed by atoms with Gasteiger partial charge in [0.2, 0.25) is 0 Å². The minimum Gasteiger partial charge on any atom is -0.394 e. The molecule has 1 aliphatic heterocycles. The van der Waals surface area contributed by atoms with Crippen LogP contribution in [0, 0.1) is 0 Å². The summed E-state index contributed by atoms with van der Waals surface area (Å²) in [5.74, 6) is 0. The molecule has 1 heterocycles. The molecule has 0 aromatic rings. The normalized spacial score (nSPS) is 23.8. The van der Waals surface area contributed by atoms with Crippen LogP contribution in [0.5, 0.6) is 0 Å². The fourth-order valence-corrected chi connectivity index (χ4v) is 5.15. The van der Waals surface area contributed by atoms with Crippen LogP contribution in [0.25, 0.3) is 0 Å². The zero-order valence-electron chi connectivity index (χ0n) is 33.5. The van der Waals surface area contributed by atoms with E-state index in [9.17, 15) is 20.4 Å². The Hall–Kier alpha value is -3.36. The van der Waals surface area contributed by atoms with E-state index in [1.807, 2.05) is 13.8 Å². The third kappa shape index (κ3) is 21.2. The zero-order valence-corrected chi connectivity index (χ0v) is 33.5. The van der Waals surface area contributed by atoms with Crippen LogP contribution in [0.3, 0.4) is 0 Å². The molecule has 6 nitrogen and oxygen atoms in total. The predicted molar refractivity (Wildman–Crippen MR) is 220 cm³/mol. The van der Waals surface area contributed by atoms with E-state index < -0.39 is 42.9 Å². The van der Waals surface area contributed by atoms with Gasteiger partial charge in [-0.05, 0) is 101 Å². The Morgan fingerprint density at radius 3 is 1.50 bits per heavy atom. The molecule has 5 atom stereocenters. The van der Waals surface area contributed by atoms with Crippen LogP contribution in [0.4, 0.5) is 0 Å². The average molecular weight is 717 g/mol. The molecule has 0 amide bonds. The topological polar surface area (TPSA) is 99.4 Å². The van der Waals surface area contributed by atoms with Crippen molar-refractivity contribution in [1.82, 2.24) is 0 Å². The van der Waals surface area contributed by atoms with Crippen LogP contribution < -0.4 is 0 Å². The molecule has 288 valence electrons. The Balaban J connectivity index is 2.51. The molecule has 1 aliphatic rings. The lowest BCUT2D eigenvalue weighted by molar-refractivity contribution is -0.323. The number of aliphatic hydroxyl groups is 4. The highest BCUT2D eigenvalue weighted by atomic mass is 16.7. The van der Waals surface area contributed by atoms with Crippen molar-refractivity contribution in [2.75, 3.05) is 6.61 Å².